The zero-order valence-corrected chi connectivity index (χ0v) is 12.6. The van der Waals surface area contributed by atoms with E-state index in [1.807, 2.05) is 0 Å². The molecule has 1 saturated heterocycles. The van der Waals surface area contributed by atoms with E-state index in [9.17, 15) is 9.59 Å². The van der Waals surface area contributed by atoms with Crippen molar-refractivity contribution in [3.8, 4) is 0 Å². The second-order valence-corrected chi connectivity index (χ2v) is 5.40. The molecule has 1 aliphatic heterocycles. The number of amides is 1. The molecule has 0 aromatic carbocycles. The normalized spacial score (nSPS) is 15.7. The van der Waals surface area contributed by atoms with Gasteiger partial charge in [-0.2, -0.15) is 0 Å². The van der Waals surface area contributed by atoms with Gasteiger partial charge in [0.1, 0.15) is 6.10 Å². The lowest BCUT2D eigenvalue weighted by Crippen LogP contribution is -2.38. The lowest BCUT2D eigenvalue weighted by Gasteiger charge is -2.34. The van der Waals surface area contributed by atoms with Crippen LogP contribution in [0.4, 0.5) is 0 Å². The molecule has 0 radical (unpaired) electrons. The first-order valence-corrected chi connectivity index (χ1v) is 6.80. The molecule has 0 spiro atoms. The van der Waals surface area contributed by atoms with Crippen LogP contribution in [0.1, 0.15) is 26.2 Å². The molecule has 0 N–H and O–H groups in total. The van der Waals surface area contributed by atoms with E-state index >= 15 is 0 Å². The van der Waals surface area contributed by atoms with E-state index in [1.165, 1.54) is 0 Å². The summed E-state index contributed by atoms with van der Waals surface area (Å²) in [5, 5.41) is 0. The number of ether oxygens (including phenoxy) is 1. The Morgan fingerprint density at radius 3 is 2.25 bits per heavy atom. The third-order valence-electron chi connectivity index (χ3n) is 3.37. The molecule has 0 unspecified atom stereocenters. The van der Waals surface area contributed by atoms with E-state index < -0.39 is 0 Å². The fourth-order valence-corrected chi connectivity index (χ4v) is 1.99. The van der Waals surface area contributed by atoms with E-state index in [1.54, 1.807) is 25.9 Å². The van der Waals surface area contributed by atoms with E-state index in [4.69, 9.17) is 4.74 Å². The van der Waals surface area contributed by atoms with Crippen molar-refractivity contribution in [1.29, 1.82) is 0 Å². The Balaban J connectivity index is 2.38. The molecule has 5 heteroatoms. The van der Waals surface area contributed by atoms with Crippen LogP contribution in [0.5, 0.6) is 0 Å². The zero-order chi connectivity index (χ0) is 15.3. The zero-order valence-electron chi connectivity index (χ0n) is 12.6. The van der Waals surface area contributed by atoms with Gasteiger partial charge in [-0.25, -0.2) is 4.79 Å². The molecule has 20 heavy (non-hydrogen) atoms. The fourth-order valence-electron chi connectivity index (χ4n) is 1.99. The van der Waals surface area contributed by atoms with Crippen LogP contribution in [-0.2, 0) is 14.3 Å². The third-order valence-corrected chi connectivity index (χ3v) is 3.37. The number of piperidine rings is 1. The highest BCUT2D eigenvalue weighted by atomic mass is 16.5. The van der Waals surface area contributed by atoms with Crippen LogP contribution in [0, 0.1) is 0 Å². The van der Waals surface area contributed by atoms with Gasteiger partial charge in [0.2, 0.25) is 5.91 Å². The van der Waals surface area contributed by atoms with Gasteiger partial charge in [0.05, 0.1) is 6.42 Å². The topological polar surface area (TPSA) is 49.9 Å². The lowest BCUT2D eigenvalue weighted by molar-refractivity contribution is -0.146. The summed E-state index contributed by atoms with van der Waals surface area (Å²) in [4.78, 5) is 26.7. The summed E-state index contributed by atoms with van der Waals surface area (Å²) in [7, 11) is 3.47. The van der Waals surface area contributed by atoms with Crippen molar-refractivity contribution in [2.75, 3.05) is 27.2 Å². The molecule has 1 fully saturated rings. The maximum absolute atomic E-state index is 11.6. The molecule has 1 aliphatic rings. The van der Waals surface area contributed by atoms with Crippen molar-refractivity contribution < 1.29 is 14.3 Å². The first-order valence-electron chi connectivity index (χ1n) is 6.80. The predicted molar refractivity (Wildman–Crippen MR) is 78.0 cm³/mol. The number of esters is 1. The van der Waals surface area contributed by atoms with E-state index in [0.29, 0.717) is 12.0 Å². The summed E-state index contributed by atoms with van der Waals surface area (Å²) >= 11 is 0. The van der Waals surface area contributed by atoms with Gasteiger partial charge in [-0.3, -0.25) is 4.79 Å². The Morgan fingerprint density at radius 2 is 1.80 bits per heavy atom. The monoisotopic (exact) mass is 280 g/mol. The van der Waals surface area contributed by atoms with Gasteiger partial charge in [-0.1, -0.05) is 13.2 Å². The number of hydrogen-bond donors (Lipinski definition) is 0. The van der Waals surface area contributed by atoms with Crippen LogP contribution in [0.2, 0.25) is 0 Å². The van der Waals surface area contributed by atoms with Gasteiger partial charge in [0.15, 0.2) is 0 Å². The first kappa shape index (κ1) is 16.3. The Hall–Kier alpha value is -1.78. The largest absolute Gasteiger partial charge is 0.459 e. The minimum atomic E-state index is -0.329. The molecular weight excluding hydrogens is 256 g/mol. The average molecular weight is 280 g/mol. The van der Waals surface area contributed by atoms with Crippen LogP contribution >= 0.6 is 0 Å². The highest BCUT2D eigenvalue weighted by Crippen LogP contribution is 2.19. The Kier molecular flexibility index (Phi) is 5.80. The lowest BCUT2D eigenvalue weighted by atomic mass is 10.1. The van der Waals surface area contributed by atoms with Gasteiger partial charge in [-0.15, -0.1) is 0 Å². The number of rotatable bonds is 5. The number of carbonyl (C=O) groups is 2. The van der Waals surface area contributed by atoms with Crippen LogP contribution in [0.15, 0.2) is 24.4 Å². The smallest absolute Gasteiger partial charge is 0.333 e. The summed E-state index contributed by atoms with van der Waals surface area (Å²) in [6.45, 7) is 10.7. The maximum atomic E-state index is 11.6. The van der Waals surface area contributed by atoms with Crippen molar-refractivity contribution in [2.24, 2.45) is 0 Å². The minimum absolute atomic E-state index is 0.0471. The van der Waals surface area contributed by atoms with E-state index in [0.717, 1.165) is 31.6 Å². The van der Waals surface area contributed by atoms with Crippen LogP contribution in [0.25, 0.3) is 0 Å². The standard InChI is InChI=1S/C15H24N2O3/c1-11(2)15(19)20-13-6-8-17(9-7-13)12(3)10-14(18)16(4)5/h13H,1,3,6-10H2,2,4-5H3. The van der Waals surface area contributed by atoms with E-state index in [-0.39, 0.29) is 18.0 Å². The molecule has 1 amide bonds. The van der Waals surface area contributed by atoms with Crippen molar-refractivity contribution in [1.82, 2.24) is 9.80 Å². The molecular formula is C15H24N2O3. The van der Waals surface area contributed by atoms with Crippen molar-refractivity contribution in [2.45, 2.75) is 32.3 Å². The SMILES string of the molecule is C=C(C)C(=O)OC1CCN(C(=C)CC(=O)N(C)C)CC1. The number of likely N-dealkylation sites (tertiary alicyclic amines) is 1. The Labute approximate surface area is 120 Å². The van der Waals surface area contributed by atoms with Gasteiger partial charge in [0, 0.05) is 51.3 Å². The van der Waals surface area contributed by atoms with Crippen molar-refractivity contribution in [3.05, 3.63) is 24.4 Å². The molecule has 0 atom stereocenters. The summed E-state index contributed by atoms with van der Waals surface area (Å²) in [5.74, 6) is -0.282. The summed E-state index contributed by atoms with van der Waals surface area (Å²) in [5.41, 5.74) is 1.25. The summed E-state index contributed by atoms with van der Waals surface area (Å²) < 4.78 is 5.33. The Morgan fingerprint density at radius 1 is 1.25 bits per heavy atom. The first-order chi connectivity index (χ1) is 9.31. The Bertz CT molecular complexity index is 407. The van der Waals surface area contributed by atoms with Crippen LogP contribution < -0.4 is 0 Å². The van der Waals surface area contributed by atoms with Crippen LogP contribution in [0.3, 0.4) is 0 Å². The molecule has 5 nitrogen and oxygen atoms in total. The van der Waals surface area contributed by atoms with Gasteiger partial charge < -0.3 is 14.5 Å². The van der Waals surface area contributed by atoms with Gasteiger partial charge >= 0.3 is 5.97 Å². The molecule has 0 aromatic heterocycles. The average Bonchev–Trinajstić information content (AvgIpc) is 2.39. The van der Waals surface area contributed by atoms with Crippen molar-refractivity contribution in [3.63, 3.8) is 0 Å². The fraction of sp³-hybridized carbons (Fsp3) is 0.600. The maximum Gasteiger partial charge on any atom is 0.333 e. The quantitative estimate of drug-likeness (QED) is 0.566. The summed E-state index contributed by atoms with van der Waals surface area (Å²) in [6, 6.07) is 0. The third kappa shape index (κ3) is 4.72. The molecule has 0 aliphatic carbocycles. The molecule has 112 valence electrons. The highest BCUT2D eigenvalue weighted by Gasteiger charge is 2.24. The second-order valence-electron chi connectivity index (χ2n) is 5.40. The minimum Gasteiger partial charge on any atom is -0.459 e. The molecule has 0 bridgehead atoms. The second kappa shape index (κ2) is 7.12. The number of hydrogen-bond acceptors (Lipinski definition) is 4. The van der Waals surface area contributed by atoms with Gasteiger partial charge in [-0.05, 0) is 6.92 Å². The summed E-state index contributed by atoms with van der Waals surface area (Å²) in [6.07, 6.45) is 1.79. The molecule has 0 aromatic rings. The molecule has 0 saturated carbocycles. The highest BCUT2D eigenvalue weighted by molar-refractivity contribution is 5.87. The van der Waals surface area contributed by atoms with Crippen LogP contribution in [-0.4, -0.2) is 55.0 Å². The van der Waals surface area contributed by atoms with E-state index in [2.05, 4.69) is 18.1 Å². The molecule has 1 rings (SSSR count). The van der Waals surface area contributed by atoms with Gasteiger partial charge in [0.25, 0.3) is 0 Å². The predicted octanol–water partition coefficient (Wildman–Crippen LogP) is 1.56. The number of nitrogens with zero attached hydrogens (tertiary/aromatic N) is 2. The van der Waals surface area contributed by atoms with Crippen molar-refractivity contribution >= 4 is 11.9 Å². The number of carbonyl (C=O) groups excluding carboxylic acids is 2. The molecule has 1 heterocycles.